The summed E-state index contributed by atoms with van der Waals surface area (Å²) in [6.07, 6.45) is 3.06. The van der Waals surface area contributed by atoms with Gasteiger partial charge in [-0.25, -0.2) is 0 Å². The molecule has 0 aliphatic rings. The maximum absolute atomic E-state index is 12.6. The van der Waals surface area contributed by atoms with E-state index in [0.29, 0.717) is 27.7 Å². The van der Waals surface area contributed by atoms with Gasteiger partial charge in [0.15, 0.2) is 0 Å². The van der Waals surface area contributed by atoms with E-state index in [1.54, 1.807) is 36.5 Å². The van der Waals surface area contributed by atoms with E-state index in [4.69, 9.17) is 16.0 Å². The number of fused-ring (bicyclic) bond motifs is 1. The third kappa shape index (κ3) is 4.03. The monoisotopic (exact) mass is 399 g/mol. The number of nitrogens with zero attached hydrogens (tertiary/aromatic N) is 2. The van der Waals surface area contributed by atoms with Crippen LogP contribution in [0.5, 0.6) is 0 Å². The molecular formula is C23H14ClN3O2. The average molecular weight is 400 g/mol. The fourth-order valence-electron chi connectivity index (χ4n) is 2.91. The smallest absolute Gasteiger partial charge is 0.266 e. The number of nitriles is 1. The minimum Gasteiger partial charge on any atom is -0.457 e. The minimum absolute atomic E-state index is 0.0788. The number of carbonyl (C=O) groups is 1. The number of hydrogen-bond acceptors (Lipinski definition) is 4. The topological polar surface area (TPSA) is 78.9 Å². The first-order valence-corrected chi connectivity index (χ1v) is 9.14. The second-order valence-corrected chi connectivity index (χ2v) is 6.65. The van der Waals surface area contributed by atoms with Crippen LogP contribution in [-0.2, 0) is 4.79 Å². The number of para-hydroxylation sites is 1. The molecule has 0 aliphatic heterocycles. The highest BCUT2D eigenvalue weighted by Gasteiger charge is 2.13. The number of aromatic nitrogens is 1. The number of amides is 1. The molecule has 0 radical (unpaired) electrons. The Labute approximate surface area is 171 Å². The van der Waals surface area contributed by atoms with Crippen LogP contribution in [0.25, 0.3) is 28.3 Å². The molecule has 0 saturated carbocycles. The standard InChI is InChI=1S/C23H14ClN3O2/c24-18-7-1-5-16(12-18)21-10-9-19(29-21)13-17(14-25)23(28)27-20-8-2-4-15-6-3-11-26-22(15)20/h1-13H,(H,27,28)/b17-13-. The Bertz CT molecular complexity index is 1280. The number of anilines is 1. The quantitative estimate of drug-likeness (QED) is 0.353. The van der Waals surface area contributed by atoms with Crippen molar-refractivity contribution in [1.82, 2.24) is 4.98 Å². The van der Waals surface area contributed by atoms with Crippen LogP contribution >= 0.6 is 11.6 Å². The molecule has 0 fully saturated rings. The van der Waals surface area contributed by atoms with Crippen LogP contribution in [0, 0.1) is 11.3 Å². The molecule has 4 rings (SSSR count). The van der Waals surface area contributed by atoms with Gasteiger partial charge in [0.05, 0.1) is 11.2 Å². The number of halogens is 1. The van der Waals surface area contributed by atoms with Crippen LogP contribution in [0.3, 0.4) is 0 Å². The molecule has 4 aromatic rings. The molecule has 5 nitrogen and oxygen atoms in total. The van der Waals surface area contributed by atoms with Crippen LogP contribution in [0.1, 0.15) is 5.76 Å². The lowest BCUT2D eigenvalue weighted by atomic mass is 10.1. The highest BCUT2D eigenvalue weighted by molar-refractivity contribution is 6.30. The van der Waals surface area contributed by atoms with Crippen molar-refractivity contribution in [3.05, 3.63) is 89.3 Å². The van der Waals surface area contributed by atoms with Crippen LogP contribution < -0.4 is 5.32 Å². The molecule has 140 valence electrons. The lowest BCUT2D eigenvalue weighted by molar-refractivity contribution is -0.112. The van der Waals surface area contributed by atoms with Gasteiger partial charge in [-0.3, -0.25) is 9.78 Å². The lowest BCUT2D eigenvalue weighted by Crippen LogP contribution is -2.13. The van der Waals surface area contributed by atoms with Crippen molar-refractivity contribution < 1.29 is 9.21 Å². The largest absolute Gasteiger partial charge is 0.457 e. The van der Waals surface area contributed by atoms with Crippen molar-refractivity contribution in [3.8, 4) is 17.4 Å². The third-order valence-corrected chi connectivity index (χ3v) is 4.50. The number of nitrogens with one attached hydrogen (secondary N) is 1. The summed E-state index contributed by atoms with van der Waals surface area (Å²) in [7, 11) is 0. The van der Waals surface area contributed by atoms with E-state index in [1.807, 2.05) is 42.5 Å². The summed E-state index contributed by atoms with van der Waals surface area (Å²) in [5.74, 6) is 0.448. The van der Waals surface area contributed by atoms with E-state index >= 15 is 0 Å². The summed E-state index contributed by atoms with van der Waals surface area (Å²) in [5, 5.41) is 13.7. The maximum Gasteiger partial charge on any atom is 0.266 e. The minimum atomic E-state index is -0.536. The second-order valence-electron chi connectivity index (χ2n) is 6.22. The Morgan fingerprint density at radius 2 is 1.93 bits per heavy atom. The summed E-state index contributed by atoms with van der Waals surface area (Å²) in [4.78, 5) is 16.9. The fourth-order valence-corrected chi connectivity index (χ4v) is 3.10. The molecule has 29 heavy (non-hydrogen) atoms. The number of benzene rings is 2. The predicted octanol–water partition coefficient (Wildman–Crippen LogP) is 5.69. The summed E-state index contributed by atoms with van der Waals surface area (Å²) < 4.78 is 5.75. The SMILES string of the molecule is N#C/C(=C/c1ccc(-c2cccc(Cl)c2)o1)C(=O)Nc1cccc2cccnc12. The Balaban J connectivity index is 1.59. The fraction of sp³-hybridized carbons (Fsp3) is 0. The van der Waals surface area contributed by atoms with Crippen molar-refractivity contribution in [2.45, 2.75) is 0 Å². The number of hydrogen-bond donors (Lipinski definition) is 1. The highest BCUT2D eigenvalue weighted by atomic mass is 35.5. The number of pyridine rings is 1. The van der Waals surface area contributed by atoms with Gasteiger partial charge in [-0.1, -0.05) is 41.9 Å². The summed E-state index contributed by atoms with van der Waals surface area (Å²) >= 11 is 6.01. The van der Waals surface area contributed by atoms with E-state index < -0.39 is 5.91 Å². The van der Waals surface area contributed by atoms with Gasteiger partial charge >= 0.3 is 0 Å². The highest BCUT2D eigenvalue weighted by Crippen LogP contribution is 2.26. The molecule has 2 aromatic carbocycles. The van der Waals surface area contributed by atoms with Crippen molar-refractivity contribution in [1.29, 1.82) is 5.26 Å². The van der Waals surface area contributed by atoms with Gasteiger partial charge < -0.3 is 9.73 Å². The van der Waals surface area contributed by atoms with Crippen molar-refractivity contribution in [2.75, 3.05) is 5.32 Å². The molecule has 0 spiro atoms. The zero-order valence-electron chi connectivity index (χ0n) is 15.1. The number of carbonyl (C=O) groups excluding carboxylic acids is 1. The van der Waals surface area contributed by atoms with Crippen molar-refractivity contribution in [2.24, 2.45) is 0 Å². The molecule has 0 saturated heterocycles. The molecule has 0 unspecified atom stereocenters. The van der Waals surface area contributed by atoms with E-state index in [-0.39, 0.29) is 5.57 Å². The van der Waals surface area contributed by atoms with E-state index in [2.05, 4.69) is 10.3 Å². The van der Waals surface area contributed by atoms with E-state index in [9.17, 15) is 10.1 Å². The van der Waals surface area contributed by atoms with E-state index in [0.717, 1.165) is 10.9 Å². The van der Waals surface area contributed by atoms with Crippen LogP contribution in [-0.4, -0.2) is 10.9 Å². The first kappa shape index (κ1) is 18.5. The van der Waals surface area contributed by atoms with Crippen LogP contribution in [0.15, 0.2) is 82.9 Å². The first-order chi connectivity index (χ1) is 14.1. The molecular weight excluding hydrogens is 386 g/mol. The van der Waals surface area contributed by atoms with Crippen LogP contribution in [0.2, 0.25) is 5.02 Å². The van der Waals surface area contributed by atoms with Crippen LogP contribution in [0.4, 0.5) is 5.69 Å². The van der Waals surface area contributed by atoms with Gasteiger partial charge in [0.2, 0.25) is 0 Å². The Morgan fingerprint density at radius 1 is 1.10 bits per heavy atom. The summed E-state index contributed by atoms with van der Waals surface area (Å²) in [6.45, 7) is 0. The summed E-state index contributed by atoms with van der Waals surface area (Å²) in [5.41, 5.74) is 1.92. The average Bonchev–Trinajstić information content (AvgIpc) is 3.21. The van der Waals surface area contributed by atoms with Gasteiger partial charge in [-0.2, -0.15) is 5.26 Å². The Hall–Kier alpha value is -3.88. The first-order valence-electron chi connectivity index (χ1n) is 8.77. The Kier molecular flexibility index (Phi) is 5.10. The predicted molar refractivity (Wildman–Crippen MR) is 113 cm³/mol. The molecule has 1 amide bonds. The lowest BCUT2D eigenvalue weighted by Gasteiger charge is -2.07. The molecule has 0 bridgehead atoms. The molecule has 0 aliphatic carbocycles. The molecule has 0 atom stereocenters. The molecule has 2 heterocycles. The zero-order chi connectivity index (χ0) is 20.2. The van der Waals surface area contributed by atoms with Gasteiger partial charge in [0, 0.05) is 28.2 Å². The number of furan rings is 1. The van der Waals surface area contributed by atoms with Gasteiger partial charge in [0.1, 0.15) is 23.2 Å². The molecule has 2 aromatic heterocycles. The van der Waals surface area contributed by atoms with E-state index in [1.165, 1.54) is 6.08 Å². The van der Waals surface area contributed by atoms with Gasteiger partial charge in [-0.05, 0) is 36.4 Å². The van der Waals surface area contributed by atoms with Crippen molar-refractivity contribution in [3.63, 3.8) is 0 Å². The molecule has 6 heteroatoms. The maximum atomic E-state index is 12.6. The van der Waals surface area contributed by atoms with Gasteiger partial charge in [-0.15, -0.1) is 0 Å². The van der Waals surface area contributed by atoms with Gasteiger partial charge in [0.25, 0.3) is 5.91 Å². The second kappa shape index (κ2) is 8.01. The molecule has 1 N–H and O–H groups in total. The summed E-state index contributed by atoms with van der Waals surface area (Å²) in [6, 6.07) is 21.8. The van der Waals surface area contributed by atoms with Crippen molar-refractivity contribution >= 4 is 40.2 Å². The normalized spacial score (nSPS) is 11.2. The number of rotatable bonds is 4. The Morgan fingerprint density at radius 3 is 2.76 bits per heavy atom. The zero-order valence-corrected chi connectivity index (χ0v) is 15.9. The third-order valence-electron chi connectivity index (χ3n) is 4.27.